The Labute approximate surface area is 66.7 Å². The zero-order valence-electron chi connectivity index (χ0n) is 6.84. The van der Waals surface area contributed by atoms with Gasteiger partial charge in [-0.25, -0.2) is 0 Å². The summed E-state index contributed by atoms with van der Waals surface area (Å²) < 4.78 is 9.71. The molecular weight excluding hydrogens is 146 g/mol. The van der Waals surface area contributed by atoms with Gasteiger partial charge in [0.1, 0.15) is 6.61 Å². The van der Waals surface area contributed by atoms with Crippen molar-refractivity contribution >= 4 is 5.97 Å². The van der Waals surface area contributed by atoms with Gasteiger partial charge in [0.05, 0.1) is 13.2 Å². The summed E-state index contributed by atoms with van der Waals surface area (Å²) in [7, 11) is 0. The summed E-state index contributed by atoms with van der Waals surface area (Å²) in [6.07, 6.45) is 0.977. The molecule has 0 aliphatic rings. The molecule has 0 fully saturated rings. The van der Waals surface area contributed by atoms with Gasteiger partial charge in [0.2, 0.25) is 0 Å². The van der Waals surface area contributed by atoms with Crippen LogP contribution >= 0.6 is 0 Å². The van der Waals surface area contributed by atoms with Crippen LogP contribution in [0.15, 0.2) is 0 Å². The second-order valence-electron chi connectivity index (χ2n) is 2.04. The van der Waals surface area contributed by atoms with Crippen LogP contribution in [0, 0.1) is 0 Å². The summed E-state index contributed by atoms with van der Waals surface area (Å²) in [5, 5.41) is 0. The van der Waals surface area contributed by atoms with Crippen molar-refractivity contribution in [1.82, 2.24) is 0 Å². The van der Waals surface area contributed by atoms with E-state index in [-0.39, 0.29) is 12.5 Å². The highest BCUT2D eigenvalue weighted by Crippen LogP contribution is 1.81. The van der Waals surface area contributed by atoms with E-state index in [1.807, 2.05) is 6.92 Å². The molecule has 0 aromatic carbocycles. The van der Waals surface area contributed by atoms with Crippen LogP contribution < -0.4 is 5.73 Å². The Kier molecular flexibility index (Phi) is 7.08. The van der Waals surface area contributed by atoms with Gasteiger partial charge in [-0.3, -0.25) is 4.79 Å². The monoisotopic (exact) mass is 161 g/mol. The fourth-order valence-electron chi connectivity index (χ4n) is 0.520. The summed E-state index contributed by atoms with van der Waals surface area (Å²) in [5.74, 6) is -0.384. The van der Waals surface area contributed by atoms with Crippen molar-refractivity contribution in [1.29, 1.82) is 0 Å². The van der Waals surface area contributed by atoms with E-state index in [2.05, 4.69) is 4.74 Å². The number of carbonyl (C=O) groups excluding carboxylic acids is 1. The van der Waals surface area contributed by atoms with Gasteiger partial charge in [0.25, 0.3) is 0 Å². The smallest absolute Gasteiger partial charge is 0.319 e. The number of hydrogen-bond acceptors (Lipinski definition) is 4. The van der Waals surface area contributed by atoms with Gasteiger partial charge < -0.3 is 15.2 Å². The van der Waals surface area contributed by atoms with Crippen LogP contribution in [0.4, 0.5) is 0 Å². The standard InChI is InChI=1S/C7H15NO3/c1-2-3-10-4-5-11-7(9)6-8/h2-6,8H2,1H3. The maximum atomic E-state index is 10.4. The fraction of sp³-hybridized carbons (Fsp3) is 0.857. The molecule has 0 heterocycles. The van der Waals surface area contributed by atoms with Gasteiger partial charge in [-0.2, -0.15) is 0 Å². The first-order chi connectivity index (χ1) is 5.31. The molecule has 0 radical (unpaired) electrons. The van der Waals surface area contributed by atoms with Crippen LogP contribution in [0.25, 0.3) is 0 Å². The third kappa shape index (κ3) is 7.29. The van der Waals surface area contributed by atoms with Crippen molar-refractivity contribution in [2.45, 2.75) is 13.3 Å². The highest BCUT2D eigenvalue weighted by atomic mass is 16.6. The molecule has 0 atom stereocenters. The molecule has 11 heavy (non-hydrogen) atoms. The van der Waals surface area contributed by atoms with Gasteiger partial charge >= 0.3 is 5.97 Å². The van der Waals surface area contributed by atoms with Crippen LogP contribution in [0.2, 0.25) is 0 Å². The highest BCUT2D eigenvalue weighted by molar-refractivity contribution is 5.71. The molecule has 0 aliphatic carbocycles. The van der Waals surface area contributed by atoms with Crippen LogP contribution in [0.3, 0.4) is 0 Å². The lowest BCUT2D eigenvalue weighted by Crippen LogP contribution is -2.19. The maximum absolute atomic E-state index is 10.4. The topological polar surface area (TPSA) is 61.5 Å². The van der Waals surface area contributed by atoms with Gasteiger partial charge in [-0.1, -0.05) is 6.92 Å². The van der Waals surface area contributed by atoms with Crippen molar-refractivity contribution in [2.75, 3.05) is 26.4 Å². The quantitative estimate of drug-likeness (QED) is 0.437. The zero-order valence-corrected chi connectivity index (χ0v) is 6.84. The van der Waals surface area contributed by atoms with Crippen molar-refractivity contribution < 1.29 is 14.3 Å². The molecule has 0 bridgehead atoms. The van der Waals surface area contributed by atoms with Gasteiger partial charge in [-0.15, -0.1) is 0 Å². The van der Waals surface area contributed by atoms with Crippen molar-refractivity contribution in [2.24, 2.45) is 5.73 Å². The van der Waals surface area contributed by atoms with E-state index in [0.29, 0.717) is 19.8 Å². The van der Waals surface area contributed by atoms with Gasteiger partial charge in [0.15, 0.2) is 0 Å². The average molecular weight is 161 g/mol. The Hall–Kier alpha value is -0.610. The lowest BCUT2D eigenvalue weighted by atomic mass is 10.5. The van der Waals surface area contributed by atoms with E-state index in [1.54, 1.807) is 0 Å². The SMILES string of the molecule is CCCOCCOC(=O)CN. The van der Waals surface area contributed by atoms with E-state index in [1.165, 1.54) is 0 Å². The Balaban J connectivity index is 2.95. The predicted octanol–water partition coefficient (Wildman–Crippen LogP) is -0.0851. The minimum atomic E-state index is -0.384. The number of nitrogens with two attached hydrogens (primary N) is 1. The van der Waals surface area contributed by atoms with E-state index in [0.717, 1.165) is 6.42 Å². The summed E-state index contributed by atoms with van der Waals surface area (Å²) >= 11 is 0. The largest absolute Gasteiger partial charge is 0.462 e. The van der Waals surface area contributed by atoms with Crippen LogP contribution in [0.1, 0.15) is 13.3 Å². The van der Waals surface area contributed by atoms with Crippen LogP contribution in [-0.4, -0.2) is 32.3 Å². The van der Waals surface area contributed by atoms with E-state index >= 15 is 0 Å². The van der Waals surface area contributed by atoms with Crippen molar-refractivity contribution in [3.8, 4) is 0 Å². The first-order valence-corrected chi connectivity index (χ1v) is 3.74. The molecule has 2 N–H and O–H groups in total. The summed E-state index contributed by atoms with van der Waals surface area (Å²) in [4.78, 5) is 10.4. The number of esters is 1. The van der Waals surface area contributed by atoms with Crippen molar-refractivity contribution in [3.05, 3.63) is 0 Å². The number of ether oxygens (including phenoxy) is 2. The zero-order chi connectivity index (χ0) is 8.53. The first-order valence-electron chi connectivity index (χ1n) is 3.74. The van der Waals surface area contributed by atoms with Crippen LogP contribution in [-0.2, 0) is 14.3 Å². The Bertz CT molecular complexity index is 106. The van der Waals surface area contributed by atoms with Crippen LogP contribution in [0.5, 0.6) is 0 Å². The normalized spacial score (nSPS) is 9.64. The van der Waals surface area contributed by atoms with E-state index in [4.69, 9.17) is 10.5 Å². The number of carbonyl (C=O) groups is 1. The molecule has 0 rings (SSSR count). The molecule has 4 heteroatoms. The van der Waals surface area contributed by atoms with Gasteiger partial charge in [-0.05, 0) is 6.42 Å². The minimum absolute atomic E-state index is 0.0617. The third-order valence-corrected chi connectivity index (χ3v) is 1.01. The molecule has 0 amide bonds. The Morgan fingerprint density at radius 3 is 2.64 bits per heavy atom. The molecule has 0 aliphatic heterocycles. The Morgan fingerprint density at radius 1 is 1.36 bits per heavy atom. The van der Waals surface area contributed by atoms with Crippen molar-refractivity contribution in [3.63, 3.8) is 0 Å². The molecule has 0 unspecified atom stereocenters. The molecule has 66 valence electrons. The lowest BCUT2D eigenvalue weighted by Gasteiger charge is -2.02. The van der Waals surface area contributed by atoms with Gasteiger partial charge in [0, 0.05) is 6.61 Å². The second kappa shape index (κ2) is 7.50. The molecular formula is C7H15NO3. The van der Waals surface area contributed by atoms with E-state index in [9.17, 15) is 4.79 Å². The first kappa shape index (κ1) is 10.4. The molecule has 0 aromatic rings. The van der Waals surface area contributed by atoms with E-state index < -0.39 is 0 Å². The number of rotatable bonds is 6. The molecule has 0 spiro atoms. The highest BCUT2D eigenvalue weighted by Gasteiger charge is 1.96. The Morgan fingerprint density at radius 2 is 2.09 bits per heavy atom. The number of hydrogen-bond donors (Lipinski definition) is 1. The fourth-order valence-corrected chi connectivity index (χ4v) is 0.520. The molecule has 0 aromatic heterocycles. The third-order valence-electron chi connectivity index (χ3n) is 1.01. The summed E-state index contributed by atoms with van der Waals surface area (Å²) in [6, 6.07) is 0. The second-order valence-corrected chi connectivity index (χ2v) is 2.04. The lowest BCUT2D eigenvalue weighted by molar-refractivity contribution is -0.143. The maximum Gasteiger partial charge on any atom is 0.319 e. The summed E-state index contributed by atoms with van der Waals surface area (Å²) in [5.41, 5.74) is 5.00. The molecule has 0 saturated carbocycles. The minimum Gasteiger partial charge on any atom is -0.462 e. The summed E-state index contributed by atoms with van der Waals surface area (Å²) in [6.45, 7) is 3.43. The average Bonchev–Trinajstić information content (AvgIpc) is 2.04. The molecule has 4 nitrogen and oxygen atoms in total. The molecule has 0 saturated heterocycles. The predicted molar refractivity (Wildman–Crippen MR) is 41.1 cm³/mol.